The first-order valence-electron chi connectivity index (χ1n) is 13.0. The summed E-state index contributed by atoms with van der Waals surface area (Å²) >= 11 is 7.79. The molecule has 1 saturated heterocycles. The number of rotatable bonds is 7. The van der Waals surface area contributed by atoms with Crippen LogP contribution in [0.2, 0.25) is 5.02 Å². The minimum Gasteiger partial charge on any atom is -0.352 e. The standard InChI is InChI=1S/C30H32ClN3O2S/c1-21-8-4-5-16-33(21)17-7-15-32-29(35)23-13-14-28-26(19-23)34(20-22-9-6-10-24(31)18-22)30(36)25-11-2-3-12-27(25)37-28/h2-3,6,9-14,18-19,21H,4-5,7-8,15-17,20H2,1H3,(H,32,35)/t21-/m1/s1. The molecule has 2 heterocycles. The Bertz CT molecular complexity index is 1300. The SMILES string of the molecule is C[C@@H]1CCCCN1CCCNC(=O)c1ccc2c(c1)N(Cc1cccc(Cl)c1)C(=O)c1ccccc1S2. The Morgan fingerprint density at radius 3 is 2.76 bits per heavy atom. The van der Waals surface area contributed by atoms with Gasteiger partial charge >= 0.3 is 0 Å². The lowest BCUT2D eigenvalue weighted by molar-refractivity contribution is 0.0945. The van der Waals surface area contributed by atoms with Gasteiger partial charge in [-0.3, -0.25) is 9.59 Å². The van der Waals surface area contributed by atoms with E-state index in [0.29, 0.717) is 35.3 Å². The molecule has 0 radical (unpaired) electrons. The number of piperidine rings is 1. The average Bonchev–Trinajstić information content (AvgIpc) is 3.01. The van der Waals surface area contributed by atoms with E-state index in [4.69, 9.17) is 11.6 Å². The summed E-state index contributed by atoms with van der Waals surface area (Å²) in [7, 11) is 0. The summed E-state index contributed by atoms with van der Waals surface area (Å²) in [5.74, 6) is -0.202. The van der Waals surface area contributed by atoms with Crippen molar-refractivity contribution in [1.82, 2.24) is 10.2 Å². The van der Waals surface area contributed by atoms with Crippen molar-refractivity contribution in [3.05, 3.63) is 88.4 Å². The zero-order chi connectivity index (χ0) is 25.8. The molecule has 0 aliphatic carbocycles. The van der Waals surface area contributed by atoms with Crippen molar-refractivity contribution < 1.29 is 9.59 Å². The second-order valence-corrected chi connectivity index (χ2v) is 11.3. The number of halogens is 1. The molecule has 192 valence electrons. The third-order valence-corrected chi connectivity index (χ3v) is 8.55. The zero-order valence-electron chi connectivity index (χ0n) is 21.1. The summed E-state index contributed by atoms with van der Waals surface area (Å²) in [6, 6.07) is 21.5. The van der Waals surface area contributed by atoms with Gasteiger partial charge in [0.2, 0.25) is 0 Å². The Labute approximate surface area is 228 Å². The first kappa shape index (κ1) is 25.8. The van der Waals surface area contributed by atoms with E-state index in [1.54, 1.807) is 16.7 Å². The molecule has 1 atom stereocenters. The van der Waals surface area contributed by atoms with Gasteiger partial charge in [0.1, 0.15) is 0 Å². The molecule has 2 aliphatic rings. The molecule has 0 bridgehead atoms. The fraction of sp³-hybridized carbons (Fsp3) is 0.333. The number of carbonyl (C=O) groups is 2. The molecular weight excluding hydrogens is 502 g/mol. The van der Waals surface area contributed by atoms with Crippen LogP contribution in [0, 0.1) is 0 Å². The van der Waals surface area contributed by atoms with E-state index < -0.39 is 0 Å². The lowest BCUT2D eigenvalue weighted by atomic mass is 10.0. The van der Waals surface area contributed by atoms with Crippen molar-refractivity contribution in [2.45, 2.75) is 55.0 Å². The predicted octanol–water partition coefficient (Wildman–Crippen LogP) is 6.65. The van der Waals surface area contributed by atoms with Crippen LogP contribution in [0.15, 0.2) is 76.5 Å². The molecule has 3 aromatic rings. The summed E-state index contributed by atoms with van der Waals surface area (Å²) in [6.07, 6.45) is 4.75. The van der Waals surface area contributed by atoms with E-state index in [2.05, 4.69) is 17.1 Å². The first-order valence-corrected chi connectivity index (χ1v) is 14.2. The molecule has 5 nitrogen and oxygen atoms in total. The van der Waals surface area contributed by atoms with Gasteiger partial charge < -0.3 is 15.1 Å². The highest BCUT2D eigenvalue weighted by Gasteiger charge is 2.28. The molecule has 0 aromatic heterocycles. The molecule has 5 rings (SSSR count). The van der Waals surface area contributed by atoms with Gasteiger partial charge in [0.25, 0.3) is 11.8 Å². The van der Waals surface area contributed by atoms with Crippen LogP contribution in [0.4, 0.5) is 5.69 Å². The smallest absolute Gasteiger partial charge is 0.259 e. The lowest BCUT2D eigenvalue weighted by Gasteiger charge is -2.33. The number of hydrogen-bond acceptors (Lipinski definition) is 4. The average molecular weight is 534 g/mol. The minimum absolute atomic E-state index is 0.0879. The topological polar surface area (TPSA) is 52.7 Å². The maximum Gasteiger partial charge on any atom is 0.259 e. The fourth-order valence-corrected chi connectivity index (χ4v) is 6.38. The van der Waals surface area contributed by atoms with Crippen molar-refractivity contribution in [3.63, 3.8) is 0 Å². The highest BCUT2D eigenvalue weighted by molar-refractivity contribution is 7.99. The fourth-order valence-electron chi connectivity index (χ4n) is 5.11. The van der Waals surface area contributed by atoms with E-state index >= 15 is 0 Å². The van der Waals surface area contributed by atoms with Crippen molar-refractivity contribution in [2.24, 2.45) is 0 Å². The van der Waals surface area contributed by atoms with E-state index in [1.807, 2.05) is 66.7 Å². The van der Waals surface area contributed by atoms with Gasteiger partial charge in [-0.15, -0.1) is 0 Å². The predicted molar refractivity (Wildman–Crippen MR) is 151 cm³/mol. The van der Waals surface area contributed by atoms with E-state index in [-0.39, 0.29) is 11.8 Å². The Balaban J connectivity index is 1.35. The van der Waals surface area contributed by atoms with Crippen LogP contribution in [0.25, 0.3) is 0 Å². The Morgan fingerprint density at radius 2 is 1.92 bits per heavy atom. The summed E-state index contributed by atoms with van der Waals surface area (Å²) < 4.78 is 0. The number of anilines is 1. The van der Waals surface area contributed by atoms with Crippen molar-refractivity contribution in [2.75, 3.05) is 24.5 Å². The molecule has 7 heteroatoms. The molecule has 2 amide bonds. The number of benzene rings is 3. The first-order chi connectivity index (χ1) is 18.0. The van der Waals surface area contributed by atoms with Gasteiger partial charge in [-0.05, 0) is 80.8 Å². The Hall–Kier alpha value is -2.80. The van der Waals surface area contributed by atoms with E-state index in [1.165, 1.54) is 19.3 Å². The molecule has 1 N–H and O–H groups in total. The van der Waals surface area contributed by atoms with Gasteiger partial charge in [-0.25, -0.2) is 0 Å². The third kappa shape index (κ3) is 6.03. The molecule has 0 unspecified atom stereocenters. The van der Waals surface area contributed by atoms with Crippen LogP contribution in [0.5, 0.6) is 0 Å². The largest absolute Gasteiger partial charge is 0.352 e. The van der Waals surface area contributed by atoms with Crippen LogP contribution in [-0.2, 0) is 6.54 Å². The monoisotopic (exact) mass is 533 g/mol. The molecule has 37 heavy (non-hydrogen) atoms. The summed E-state index contributed by atoms with van der Waals surface area (Å²) in [5, 5.41) is 3.71. The number of hydrogen-bond donors (Lipinski definition) is 1. The number of likely N-dealkylation sites (tertiary alicyclic amines) is 1. The number of nitrogens with zero attached hydrogens (tertiary/aromatic N) is 2. The second-order valence-electron chi connectivity index (χ2n) is 9.79. The van der Waals surface area contributed by atoms with Crippen LogP contribution < -0.4 is 10.2 Å². The van der Waals surface area contributed by atoms with Gasteiger partial charge in [-0.2, -0.15) is 0 Å². The van der Waals surface area contributed by atoms with Gasteiger partial charge in [0.05, 0.1) is 17.8 Å². The van der Waals surface area contributed by atoms with Crippen molar-refractivity contribution >= 4 is 40.9 Å². The normalized spacial score (nSPS) is 17.6. The Morgan fingerprint density at radius 1 is 1.05 bits per heavy atom. The molecule has 0 spiro atoms. The number of carbonyl (C=O) groups excluding carboxylic acids is 2. The lowest BCUT2D eigenvalue weighted by Crippen LogP contribution is -2.39. The number of amides is 2. The maximum atomic E-state index is 13.7. The highest BCUT2D eigenvalue weighted by Crippen LogP contribution is 2.42. The highest BCUT2D eigenvalue weighted by atomic mass is 35.5. The quantitative estimate of drug-likeness (QED) is 0.346. The van der Waals surface area contributed by atoms with Crippen molar-refractivity contribution in [1.29, 1.82) is 0 Å². The minimum atomic E-state index is -0.114. The molecule has 0 saturated carbocycles. The molecular formula is C30H32ClN3O2S. The maximum absolute atomic E-state index is 13.7. The second kappa shape index (κ2) is 11.7. The van der Waals surface area contributed by atoms with Crippen LogP contribution >= 0.6 is 23.4 Å². The van der Waals surface area contributed by atoms with Crippen LogP contribution in [0.3, 0.4) is 0 Å². The summed E-state index contributed by atoms with van der Waals surface area (Å²) in [4.78, 5) is 32.9. The molecule has 1 fully saturated rings. The molecule has 2 aliphatic heterocycles. The number of nitrogens with one attached hydrogen (secondary N) is 1. The van der Waals surface area contributed by atoms with Gasteiger partial charge in [-0.1, -0.05) is 54.0 Å². The van der Waals surface area contributed by atoms with Crippen molar-refractivity contribution in [3.8, 4) is 0 Å². The summed E-state index contributed by atoms with van der Waals surface area (Å²) in [5.41, 5.74) is 2.88. The summed E-state index contributed by atoms with van der Waals surface area (Å²) in [6.45, 7) is 5.43. The number of fused-ring (bicyclic) bond motifs is 2. The van der Waals surface area contributed by atoms with E-state index in [0.717, 1.165) is 40.6 Å². The van der Waals surface area contributed by atoms with Crippen LogP contribution in [-0.4, -0.2) is 42.4 Å². The Kier molecular flexibility index (Phi) is 8.18. The molecule has 3 aromatic carbocycles. The van der Waals surface area contributed by atoms with Gasteiger partial charge in [0, 0.05) is 39.5 Å². The van der Waals surface area contributed by atoms with Crippen LogP contribution in [0.1, 0.15) is 58.9 Å². The van der Waals surface area contributed by atoms with Gasteiger partial charge in [0.15, 0.2) is 0 Å². The third-order valence-electron chi connectivity index (χ3n) is 7.17. The van der Waals surface area contributed by atoms with E-state index in [9.17, 15) is 9.59 Å². The zero-order valence-corrected chi connectivity index (χ0v) is 22.7.